The average molecular weight is 320 g/mol. The molecule has 2 heterocycles. The Hall–Kier alpha value is -2.90. The summed E-state index contributed by atoms with van der Waals surface area (Å²) in [6.45, 7) is 0. The second-order valence-corrected chi connectivity index (χ2v) is 4.87. The molecule has 0 saturated carbocycles. The summed E-state index contributed by atoms with van der Waals surface area (Å²) in [5.74, 6) is -0.597. The van der Waals surface area contributed by atoms with Crippen molar-refractivity contribution in [2.75, 3.05) is 5.32 Å². The topological polar surface area (TPSA) is 59.3 Å². The van der Waals surface area contributed by atoms with E-state index in [0.29, 0.717) is 17.0 Å². The highest BCUT2D eigenvalue weighted by molar-refractivity contribution is 5.91. The zero-order chi connectivity index (χ0) is 16.4. The lowest BCUT2D eigenvalue weighted by Gasteiger charge is -2.08. The van der Waals surface area contributed by atoms with Crippen molar-refractivity contribution in [1.29, 1.82) is 0 Å². The number of rotatable bonds is 3. The normalized spacial score (nSPS) is 11.6. The third kappa shape index (κ3) is 3.65. The number of carbonyl (C=O) groups is 1. The SMILES string of the molecule is O=C(CC(F)(F)F)Nc1cccc(-c2cn3cccnc3n2)c1. The summed E-state index contributed by atoms with van der Waals surface area (Å²) in [5, 5.41) is 2.23. The van der Waals surface area contributed by atoms with E-state index in [1.165, 1.54) is 6.07 Å². The number of halogens is 3. The molecular formula is C15H11F3N4O. The van der Waals surface area contributed by atoms with Gasteiger partial charge in [-0.05, 0) is 18.2 Å². The summed E-state index contributed by atoms with van der Waals surface area (Å²) in [7, 11) is 0. The van der Waals surface area contributed by atoms with Crippen molar-refractivity contribution >= 4 is 17.4 Å². The minimum atomic E-state index is -4.53. The Morgan fingerprint density at radius 2 is 2.09 bits per heavy atom. The first-order valence-electron chi connectivity index (χ1n) is 6.67. The number of nitrogens with zero attached hydrogens (tertiary/aromatic N) is 3. The lowest BCUT2D eigenvalue weighted by atomic mass is 10.1. The van der Waals surface area contributed by atoms with Crippen LogP contribution in [0.2, 0.25) is 0 Å². The minimum Gasteiger partial charge on any atom is -0.326 e. The standard InChI is InChI=1S/C15H11F3N4O/c16-15(17,18)8-13(23)20-11-4-1-3-10(7-11)12-9-22-6-2-5-19-14(22)21-12/h1-7,9H,8H2,(H,20,23). The molecule has 1 amide bonds. The van der Waals surface area contributed by atoms with Crippen LogP contribution < -0.4 is 5.32 Å². The van der Waals surface area contributed by atoms with Gasteiger partial charge in [-0.3, -0.25) is 9.20 Å². The summed E-state index contributed by atoms with van der Waals surface area (Å²) in [4.78, 5) is 19.8. The monoisotopic (exact) mass is 320 g/mol. The highest BCUT2D eigenvalue weighted by atomic mass is 19.4. The lowest BCUT2D eigenvalue weighted by Crippen LogP contribution is -2.21. The maximum Gasteiger partial charge on any atom is 0.397 e. The van der Waals surface area contributed by atoms with Gasteiger partial charge in [0.2, 0.25) is 11.7 Å². The molecule has 1 aromatic carbocycles. The molecule has 0 saturated heterocycles. The number of hydrogen-bond donors (Lipinski definition) is 1. The molecule has 1 N–H and O–H groups in total. The van der Waals surface area contributed by atoms with Gasteiger partial charge in [-0.25, -0.2) is 9.97 Å². The van der Waals surface area contributed by atoms with E-state index >= 15 is 0 Å². The van der Waals surface area contributed by atoms with E-state index in [-0.39, 0.29) is 5.69 Å². The number of benzene rings is 1. The third-order valence-corrected chi connectivity index (χ3v) is 3.04. The number of anilines is 1. The van der Waals surface area contributed by atoms with Crippen molar-refractivity contribution in [3.8, 4) is 11.3 Å². The Balaban J connectivity index is 1.83. The molecule has 3 aromatic rings. The van der Waals surface area contributed by atoms with Gasteiger partial charge in [0.1, 0.15) is 6.42 Å². The van der Waals surface area contributed by atoms with Gasteiger partial charge in [-0.15, -0.1) is 0 Å². The zero-order valence-corrected chi connectivity index (χ0v) is 11.7. The summed E-state index contributed by atoms with van der Waals surface area (Å²) in [6, 6.07) is 8.23. The fourth-order valence-electron chi connectivity index (χ4n) is 2.11. The van der Waals surface area contributed by atoms with Crippen LogP contribution in [0.5, 0.6) is 0 Å². The Morgan fingerprint density at radius 3 is 2.83 bits per heavy atom. The van der Waals surface area contributed by atoms with Crippen LogP contribution in [0, 0.1) is 0 Å². The van der Waals surface area contributed by atoms with Crippen molar-refractivity contribution in [2.45, 2.75) is 12.6 Å². The van der Waals surface area contributed by atoms with Gasteiger partial charge in [0.25, 0.3) is 0 Å². The second-order valence-electron chi connectivity index (χ2n) is 4.87. The van der Waals surface area contributed by atoms with E-state index in [0.717, 1.165) is 0 Å². The van der Waals surface area contributed by atoms with Gasteiger partial charge in [0.15, 0.2) is 0 Å². The van der Waals surface area contributed by atoms with Crippen LogP contribution >= 0.6 is 0 Å². The molecule has 0 bridgehead atoms. The first-order chi connectivity index (χ1) is 10.9. The number of fused-ring (bicyclic) bond motifs is 1. The van der Waals surface area contributed by atoms with Crippen molar-refractivity contribution in [3.05, 3.63) is 48.9 Å². The molecule has 3 rings (SSSR count). The van der Waals surface area contributed by atoms with E-state index in [2.05, 4.69) is 15.3 Å². The van der Waals surface area contributed by atoms with Crippen LogP contribution in [0.3, 0.4) is 0 Å². The Labute approximate surface area is 128 Å². The fraction of sp³-hybridized carbons (Fsp3) is 0.133. The maximum absolute atomic E-state index is 12.2. The van der Waals surface area contributed by atoms with Gasteiger partial charge in [0.05, 0.1) is 5.69 Å². The smallest absolute Gasteiger partial charge is 0.326 e. The summed E-state index contributed by atoms with van der Waals surface area (Å²) in [6.07, 6.45) is -0.906. The van der Waals surface area contributed by atoms with Crippen molar-refractivity contribution < 1.29 is 18.0 Å². The highest BCUT2D eigenvalue weighted by Crippen LogP contribution is 2.24. The largest absolute Gasteiger partial charge is 0.397 e. The number of carbonyl (C=O) groups excluding carboxylic acids is 1. The molecule has 0 aliphatic rings. The molecule has 0 fully saturated rings. The molecule has 0 radical (unpaired) electrons. The van der Waals surface area contributed by atoms with Gasteiger partial charge in [-0.1, -0.05) is 12.1 Å². The number of amides is 1. The van der Waals surface area contributed by atoms with Crippen LogP contribution in [0.15, 0.2) is 48.9 Å². The number of alkyl halides is 3. The fourth-order valence-corrected chi connectivity index (χ4v) is 2.11. The molecule has 0 aliphatic heterocycles. The van der Waals surface area contributed by atoms with Crippen LogP contribution in [0.4, 0.5) is 18.9 Å². The van der Waals surface area contributed by atoms with E-state index < -0.39 is 18.5 Å². The van der Waals surface area contributed by atoms with E-state index in [1.54, 1.807) is 47.3 Å². The Morgan fingerprint density at radius 1 is 1.26 bits per heavy atom. The Kier molecular flexibility index (Phi) is 3.73. The average Bonchev–Trinajstić information content (AvgIpc) is 2.89. The second kappa shape index (κ2) is 5.71. The molecule has 0 aliphatic carbocycles. The summed E-state index contributed by atoms with van der Waals surface area (Å²) >= 11 is 0. The molecule has 0 unspecified atom stereocenters. The summed E-state index contributed by atoms with van der Waals surface area (Å²) in [5.41, 5.74) is 1.55. The van der Waals surface area contributed by atoms with Crippen molar-refractivity contribution in [1.82, 2.24) is 14.4 Å². The molecule has 23 heavy (non-hydrogen) atoms. The lowest BCUT2D eigenvalue weighted by molar-refractivity contribution is -0.150. The van der Waals surface area contributed by atoms with Gasteiger partial charge in [-0.2, -0.15) is 13.2 Å². The van der Waals surface area contributed by atoms with E-state index in [4.69, 9.17) is 0 Å². The number of imidazole rings is 1. The van der Waals surface area contributed by atoms with Crippen molar-refractivity contribution in [2.24, 2.45) is 0 Å². The van der Waals surface area contributed by atoms with Gasteiger partial charge < -0.3 is 5.32 Å². The van der Waals surface area contributed by atoms with Crippen LogP contribution in [-0.4, -0.2) is 26.5 Å². The molecule has 8 heteroatoms. The van der Waals surface area contributed by atoms with Crippen molar-refractivity contribution in [3.63, 3.8) is 0 Å². The third-order valence-electron chi connectivity index (χ3n) is 3.04. The molecule has 0 atom stereocenters. The van der Waals surface area contributed by atoms with E-state index in [1.807, 2.05) is 0 Å². The molecule has 0 spiro atoms. The number of aromatic nitrogens is 3. The molecule has 2 aromatic heterocycles. The molecular weight excluding hydrogens is 309 g/mol. The maximum atomic E-state index is 12.2. The zero-order valence-electron chi connectivity index (χ0n) is 11.7. The quantitative estimate of drug-likeness (QED) is 0.805. The number of hydrogen-bond acceptors (Lipinski definition) is 3. The first-order valence-corrected chi connectivity index (χ1v) is 6.67. The highest BCUT2D eigenvalue weighted by Gasteiger charge is 2.31. The molecule has 118 valence electrons. The molecule has 5 nitrogen and oxygen atoms in total. The Bertz CT molecular complexity index is 824. The summed E-state index contributed by atoms with van der Waals surface area (Å²) < 4.78 is 38.3. The van der Waals surface area contributed by atoms with E-state index in [9.17, 15) is 18.0 Å². The van der Waals surface area contributed by atoms with Gasteiger partial charge in [0, 0.05) is 29.8 Å². The predicted octanol–water partition coefficient (Wildman–Crippen LogP) is 3.29. The van der Waals surface area contributed by atoms with Crippen LogP contribution in [-0.2, 0) is 4.79 Å². The predicted molar refractivity (Wildman–Crippen MR) is 77.7 cm³/mol. The first kappa shape index (κ1) is 15.0. The van der Waals surface area contributed by atoms with Crippen LogP contribution in [0.25, 0.3) is 17.0 Å². The minimum absolute atomic E-state index is 0.279. The van der Waals surface area contributed by atoms with Gasteiger partial charge >= 0.3 is 6.18 Å². The van der Waals surface area contributed by atoms with Crippen LogP contribution in [0.1, 0.15) is 6.42 Å². The number of nitrogens with one attached hydrogen (secondary N) is 1.